The highest BCUT2D eigenvalue weighted by Gasteiger charge is 2.14. The van der Waals surface area contributed by atoms with Crippen LogP contribution in [-0.2, 0) is 0 Å². The maximum Gasteiger partial charge on any atom is 0.255 e. The van der Waals surface area contributed by atoms with Crippen molar-refractivity contribution in [2.24, 2.45) is 0 Å². The Kier molecular flexibility index (Phi) is 4.67. The fourth-order valence-corrected chi connectivity index (χ4v) is 2.65. The summed E-state index contributed by atoms with van der Waals surface area (Å²) in [5.74, 6) is -1.04. The van der Waals surface area contributed by atoms with E-state index in [1.807, 2.05) is 0 Å². The molecule has 104 valence electrons. The largest absolute Gasteiger partial charge is 0.507 e. The summed E-state index contributed by atoms with van der Waals surface area (Å²) in [6, 6.07) is 6.68. The number of benzene rings is 2. The molecule has 2 aromatic carbocycles. The SMILES string of the molecule is O=C(Nc1c(Cl)cc(F)cc1Br)c1ccc(Br)c(O)c1. The minimum absolute atomic E-state index is 0.0538. The van der Waals surface area contributed by atoms with Gasteiger partial charge in [0.25, 0.3) is 5.91 Å². The van der Waals surface area contributed by atoms with Gasteiger partial charge in [0, 0.05) is 10.0 Å². The van der Waals surface area contributed by atoms with Gasteiger partial charge in [-0.15, -0.1) is 0 Å². The predicted octanol–water partition coefficient (Wildman–Crippen LogP) is 4.96. The van der Waals surface area contributed by atoms with Gasteiger partial charge >= 0.3 is 0 Å². The number of phenolic OH excluding ortho intramolecular Hbond substituents is 1. The van der Waals surface area contributed by atoms with E-state index in [-0.39, 0.29) is 22.0 Å². The second-order valence-electron chi connectivity index (χ2n) is 3.86. The Bertz CT molecular complexity index is 671. The lowest BCUT2D eigenvalue weighted by atomic mass is 10.2. The molecule has 0 saturated carbocycles. The van der Waals surface area contributed by atoms with Gasteiger partial charge in [0.15, 0.2) is 0 Å². The maximum atomic E-state index is 13.1. The van der Waals surface area contributed by atoms with Crippen molar-refractivity contribution in [3.8, 4) is 5.75 Å². The highest BCUT2D eigenvalue weighted by Crippen LogP contribution is 2.32. The van der Waals surface area contributed by atoms with E-state index in [4.69, 9.17) is 11.6 Å². The van der Waals surface area contributed by atoms with Crippen LogP contribution in [0.1, 0.15) is 10.4 Å². The number of carbonyl (C=O) groups is 1. The van der Waals surface area contributed by atoms with Crippen LogP contribution in [0.3, 0.4) is 0 Å². The molecule has 0 spiro atoms. The molecule has 1 amide bonds. The Morgan fingerprint density at radius 3 is 2.50 bits per heavy atom. The third kappa shape index (κ3) is 3.31. The van der Waals surface area contributed by atoms with Crippen molar-refractivity contribution in [1.29, 1.82) is 0 Å². The molecule has 0 saturated heterocycles. The first-order valence-electron chi connectivity index (χ1n) is 5.33. The Morgan fingerprint density at radius 2 is 1.90 bits per heavy atom. The highest BCUT2D eigenvalue weighted by molar-refractivity contribution is 9.11. The molecule has 0 heterocycles. The summed E-state index contributed by atoms with van der Waals surface area (Å²) in [6.07, 6.45) is 0. The predicted molar refractivity (Wildman–Crippen MR) is 82.9 cm³/mol. The normalized spacial score (nSPS) is 10.4. The lowest BCUT2D eigenvalue weighted by Gasteiger charge is -2.10. The first kappa shape index (κ1) is 15.3. The molecule has 20 heavy (non-hydrogen) atoms. The summed E-state index contributed by atoms with van der Waals surface area (Å²) in [5, 5.41) is 12.2. The number of amides is 1. The van der Waals surface area contributed by atoms with E-state index < -0.39 is 11.7 Å². The van der Waals surface area contributed by atoms with Gasteiger partial charge in [-0.25, -0.2) is 4.39 Å². The monoisotopic (exact) mass is 421 g/mol. The number of aromatic hydroxyl groups is 1. The van der Waals surface area contributed by atoms with Crippen molar-refractivity contribution in [3.05, 3.63) is 55.7 Å². The number of rotatable bonds is 2. The Balaban J connectivity index is 2.30. The fraction of sp³-hybridized carbons (Fsp3) is 0. The average molecular weight is 423 g/mol. The molecule has 7 heteroatoms. The second-order valence-corrected chi connectivity index (χ2v) is 5.98. The Labute approximate surface area is 136 Å². The summed E-state index contributed by atoms with van der Waals surface area (Å²) in [5.41, 5.74) is 0.512. The van der Waals surface area contributed by atoms with Gasteiger partial charge in [0.05, 0.1) is 15.2 Å². The average Bonchev–Trinajstić information content (AvgIpc) is 2.36. The zero-order valence-corrected chi connectivity index (χ0v) is 13.7. The van der Waals surface area contributed by atoms with Crippen molar-refractivity contribution in [1.82, 2.24) is 0 Å². The lowest BCUT2D eigenvalue weighted by molar-refractivity contribution is 0.102. The topological polar surface area (TPSA) is 49.3 Å². The highest BCUT2D eigenvalue weighted by atomic mass is 79.9. The van der Waals surface area contributed by atoms with Gasteiger partial charge in [-0.1, -0.05) is 11.6 Å². The molecule has 0 aliphatic carbocycles. The maximum absolute atomic E-state index is 13.1. The van der Waals surface area contributed by atoms with E-state index >= 15 is 0 Å². The summed E-state index contributed by atoms with van der Waals surface area (Å²) in [7, 11) is 0. The van der Waals surface area contributed by atoms with Crippen LogP contribution in [0.4, 0.5) is 10.1 Å². The van der Waals surface area contributed by atoms with Crippen LogP contribution >= 0.6 is 43.5 Å². The smallest absolute Gasteiger partial charge is 0.255 e. The third-order valence-electron chi connectivity index (χ3n) is 2.45. The molecule has 0 aromatic heterocycles. The molecule has 0 aliphatic rings. The van der Waals surface area contributed by atoms with Crippen LogP contribution in [0.15, 0.2) is 39.3 Å². The molecule has 0 atom stereocenters. The second kappa shape index (κ2) is 6.11. The van der Waals surface area contributed by atoms with Crippen LogP contribution in [0.2, 0.25) is 5.02 Å². The standard InChI is InChI=1S/C13H7Br2ClFNO2/c14-8-2-1-6(3-11(8)19)13(20)18-12-9(15)4-7(17)5-10(12)16/h1-5,19H,(H,18,20). The van der Waals surface area contributed by atoms with Crippen LogP contribution in [0.5, 0.6) is 5.75 Å². The molecule has 3 nitrogen and oxygen atoms in total. The molecule has 2 N–H and O–H groups in total. The molecule has 0 radical (unpaired) electrons. The van der Waals surface area contributed by atoms with E-state index in [9.17, 15) is 14.3 Å². The number of nitrogens with one attached hydrogen (secondary N) is 1. The summed E-state index contributed by atoms with van der Waals surface area (Å²) >= 11 is 12.1. The van der Waals surface area contributed by atoms with Gasteiger partial charge < -0.3 is 10.4 Å². The molecule has 0 aliphatic heterocycles. The van der Waals surface area contributed by atoms with Gasteiger partial charge in [-0.3, -0.25) is 4.79 Å². The van der Waals surface area contributed by atoms with Gasteiger partial charge in [0.1, 0.15) is 11.6 Å². The minimum atomic E-state index is -0.513. The third-order valence-corrected chi connectivity index (χ3v) is 4.05. The Morgan fingerprint density at radius 1 is 1.20 bits per heavy atom. The van der Waals surface area contributed by atoms with E-state index in [1.54, 1.807) is 6.07 Å². The molecule has 0 unspecified atom stereocenters. The van der Waals surface area contributed by atoms with Crippen LogP contribution in [-0.4, -0.2) is 11.0 Å². The molecule has 0 fully saturated rings. The number of halogens is 4. The van der Waals surface area contributed by atoms with Crippen LogP contribution in [0.25, 0.3) is 0 Å². The van der Waals surface area contributed by atoms with E-state index in [0.717, 1.165) is 6.07 Å². The first-order chi connectivity index (χ1) is 9.38. The number of phenols is 1. The quantitative estimate of drug-likeness (QED) is 0.717. The van der Waals surface area contributed by atoms with Crippen molar-refractivity contribution in [2.75, 3.05) is 5.32 Å². The van der Waals surface area contributed by atoms with E-state index in [1.165, 1.54) is 18.2 Å². The van der Waals surface area contributed by atoms with Crippen molar-refractivity contribution < 1.29 is 14.3 Å². The molecular formula is C13H7Br2ClFNO2. The zero-order chi connectivity index (χ0) is 14.9. The van der Waals surface area contributed by atoms with Crippen LogP contribution < -0.4 is 5.32 Å². The van der Waals surface area contributed by atoms with Crippen molar-refractivity contribution in [3.63, 3.8) is 0 Å². The van der Waals surface area contributed by atoms with Gasteiger partial charge in [-0.05, 0) is 62.2 Å². The van der Waals surface area contributed by atoms with Crippen molar-refractivity contribution >= 4 is 55.1 Å². The fourth-order valence-electron chi connectivity index (χ4n) is 1.50. The van der Waals surface area contributed by atoms with Gasteiger partial charge in [0.2, 0.25) is 0 Å². The minimum Gasteiger partial charge on any atom is -0.507 e. The zero-order valence-electron chi connectivity index (χ0n) is 9.75. The molecule has 0 bridgehead atoms. The molecule has 2 rings (SSSR count). The summed E-state index contributed by atoms with van der Waals surface area (Å²) in [4.78, 5) is 12.1. The van der Waals surface area contributed by atoms with Crippen LogP contribution in [0, 0.1) is 5.82 Å². The number of carbonyl (C=O) groups excluding carboxylic acids is 1. The first-order valence-corrected chi connectivity index (χ1v) is 7.29. The van der Waals surface area contributed by atoms with E-state index in [0.29, 0.717) is 8.95 Å². The summed E-state index contributed by atoms with van der Waals surface area (Å²) in [6.45, 7) is 0. The van der Waals surface area contributed by atoms with Crippen molar-refractivity contribution in [2.45, 2.75) is 0 Å². The van der Waals surface area contributed by atoms with E-state index in [2.05, 4.69) is 37.2 Å². The number of anilines is 1. The molecular weight excluding hydrogens is 416 g/mol. The Hall–Kier alpha value is -1.11. The van der Waals surface area contributed by atoms with Gasteiger partial charge in [-0.2, -0.15) is 0 Å². The summed E-state index contributed by atoms with van der Waals surface area (Å²) < 4.78 is 13.9. The molecule has 2 aromatic rings. The lowest BCUT2D eigenvalue weighted by Crippen LogP contribution is -2.12. The number of hydrogen-bond acceptors (Lipinski definition) is 2. The number of hydrogen-bond donors (Lipinski definition) is 2.